The molecule has 0 radical (unpaired) electrons. The maximum absolute atomic E-state index is 8.71. The molecule has 2 rings (SSSR count). The molecule has 0 amide bonds. The standard InChI is InChI=1S/C11H20N6O2/c12-10-14-9(15-11(13)16-10)7-17-3-1-8(2-4-17)19-6-5-18/h8,18H,1-7H2,(H4,12,13,14,15,16). The lowest BCUT2D eigenvalue weighted by molar-refractivity contribution is -0.00938. The fourth-order valence-electron chi connectivity index (χ4n) is 2.18. The van der Waals surface area contributed by atoms with Crippen molar-refractivity contribution in [1.82, 2.24) is 19.9 Å². The van der Waals surface area contributed by atoms with Gasteiger partial charge >= 0.3 is 0 Å². The van der Waals surface area contributed by atoms with E-state index in [0.717, 1.165) is 25.9 Å². The quantitative estimate of drug-likeness (QED) is 0.622. The third-order valence-corrected chi connectivity index (χ3v) is 3.06. The lowest BCUT2D eigenvalue weighted by Gasteiger charge is -2.31. The topological polar surface area (TPSA) is 123 Å². The minimum Gasteiger partial charge on any atom is -0.394 e. The number of nitrogens with zero attached hydrogens (tertiary/aromatic N) is 4. The number of aromatic nitrogens is 3. The summed E-state index contributed by atoms with van der Waals surface area (Å²) >= 11 is 0. The van der Waals surface area contributed by atoms with E-state index in [0.29, 0.717) is 19.0 Å². The Bertz CT molecular complexity index is 388. The Balaban J connectivity index is 1.82. The van der Waals surface area contributed by atoms with Gasteiger partial charge in [0.2, 0.25) is 11.9 Å². The van der Waals surface area contributed by atoms with Crippen LogP contribution in [0.2, 0.25) is 0 Å². The monoisotopic (exact) mass is 268 g/mol. The number of likely N-dealkylation sites (tertiary alicyclic amines) is 1. The van der Waals surface area contributed by atoms with E-state index in [-0.39, 0.29) is 24.6 Å². The average molecular weight is 268 g/mol. The van der Waals surface area contributed by atoms with Crippen molar-refractivity contribution < 1.29 is 9.84 Å². The molecule has 0 aliphatic carbocycles. The van der Waals surface area contributed by atoms with Gasteiger partial charge in [-0.15, -0.1) is 0 Å². The van der Waals surface area contributed by atoms with E-state index in [1.54, 1.807) is 0 Å². The predicted octanol–water partition coefficient (Wildman–Crippen LogP) is -0.991. The molecule has 1 aromatic rings. The SMILES string of the molecule is Nc1nc(N)nc(CN2CCC(OCCO)CC2)n1. The number of aliphatic hydroxyl groups excluding tert-OH is 1. The largest absolute Gasteiger partial charge is 0.394 e. The summed E-state index contributed by atoms with van der Waals surface area (Å²) in [6.07, 6.45) is 2.11. The molecule has 0 saturated carbocycles. The van der Waals surface area contributed by atoms with Crippen molar-refractivity contribution in [2.45, 2.75) is 25.5 Å². The first kappa shape index (κ1) is 13.9. The van der Waals surface area contributed by atoms with Gasteiger partial charge in [-0.3, -0.25) is 4.90 Å². The first-order valence-corrected chi connectivity index (χ1v) is 6.38. The first-order valence-electron chi connectivity index (χ1n) is 6.38. The lowest BCUT2D eigenvalue weighted by atomic mass is 10.1. The van der Waals surface area contributed by atoms with Crippen molar-refractivity contribution >= 4 is 11.9 Å². The van der Waals surface area contributed by atoms with Gasteiger partial charge in [0.05, 0.1) is 25.9 Å². The molecule has 19 heavy (non-hydrogen) atoms. The highest BCUT2D eigenvalue weighted by molar-refractivity contribution is 5.25. The summed E-state index contributed by atoms with van der Waals surface area (Å²) in [5, 5.41) is 8.71. The Kier molecular flexibility index (Phi) is 4.83. The molecular formula is C11H20N6O2. The van der Waals surface area contributed by atoms with Gasteiger partial charge in [-0.2, -0.15) is 15.0 Å². The van der Waals surface area contributed by atoms with Crippen molar-refractivity contribution in [3.05, 3.63) is 5.82 Å². The molecule has 5 N–H and O–H groups in total. The van der Waals surface area contributed by atoms with Crippen LogP contribution in [0.15, 0.2) is 0 Å². The van der Waals surface area contributed by atoms with E-state index >= 15 is 0 Å². The summed E-state index contributed by atoms with van der Waals surface area (Å²) in [6.45, 7) is 2.90. The van der Waals surface area contributed by atoms with Crippen LogP contribution in [0, 0.1) is 0 Å². The number of hydrogen-bond acceptors (Lipinski definition) is 8. The summed E-state index contributed by atoms with van der Waals surface area (Å²) < 4.78 is 5.51. The number of anilines is 2. The molecular weight excluding hydrogens is 248 g/mol. The Hall–Kier alpha value is -1.51. The van der Waals surface area contributed by atoms with Crippen molar-refractivity contribution in [1.29, 1.82) is 0 Å². The minimum absolute atomic E-state index is 0.0730. The second kappa shape index (κ2) is 6.60. The van der Waals surface area contributed by atoms with Gasteiger partial charge in [0.25, 0.3) is 0 Å². The molecule has 0 spiro atoms. The van der Waals surface area contributed by atoms with Crippen LogP contribution in [-0.2, 0) is 11.3 Å². The van der Waals surface area contributed by atoms with Crippen LogP contribution < -0.4 is 11.5 Å². The molecule has 8 heteroatoms. The second-order valence-electron chi connectivity index (χ2n) is 4.54. The number of ether oxygens (including phenoxy) is 1. The van der Waals surface area contributed by atoms with Crippen LogP contribution in [0.25, 0.3) is 0 Å². The van der Waals surface area contributed by atoms with Gasteiger partial charge in [0.1, 0.15) is 5.82 Å². The zero-order chi connectivity index (χ0) is 13.7. The number of piperidine rings is 1. The highest BCUT2D eigenvalue weighted by Gasteiger charge is 2.20. The maximum Gasteiger partial charge on any atom is 0.225 e. The maximum atomic E-state index is 8.71. The van der Waals surface area contributed by atoms with Crippen LogP contribution in [0.4, 0.5) is 11.9 Å². The number of nitrogens with two attached hydrogens (primary N) is 2. The van der Waals surface area contributed by atoms with E-state index in [1.165, 1.54) is 0 Å². The molecule has 2 heterocycles. The summed E-state index contributed by atoms with van der Waals surface area (Å²) in [5.74, 6) is 0.909. The van der Waals surface area contributed by atoms with Crippen LogP contribution in [-0.4, -0.2) is 57.4 Å². The Labute approximate surface area is 111 Å². The molecule has 1 aromatic heterocycles. The van der Waals surface area contributed by atoms with Gasteiger partial charge in [-0.1, -0.05) is 0 Å². The van der Waals surface area contributed by atoms with Gasteiger partial charge in [-0.05, 0) is 12.8 Å². The zero-order valence-corrected chi connectivity index (χ0v) is 10.8. The summed E-state index contributed by atoms with van der Waals surface area (Å²) in [6, 6.07) is 0. The van der Waals surface area contributed by atoms with E-state index in [4.69, 9.17) is 21.3 Å². The second-order valence-corrected chi connectivity index (χ2v) is 4.54. The molecule has 1 saturated heterocycles. The Morgan fingerprint density at radius 1 is 1.16 bits per heavy atom. The molecule has 1 fully saturated rings. The van der Waals surface area contributed by atoms with Crippen LogP contribution in [0.1, 0.15) is 18.7 Å². The third-order valence-electron chi connectivity index (χ3n) is 3.06. The van der Waals surface area contributed by atoms with E-state index in [2.05, 4.69) is 19.9 Å². The highest BCUT2D eigenvalue weighted by atomic mass is 16.5. The van der Waals surface area contributed by atoms with Crippen LogP contribution in [0.3, 0.4) is 0 Å². The summed E-state index contributed by atoms with van der Waals surface area (Å²) in [4.78, 5) is 14.1. The number of nitrogen functional groups attached to an aromatic ring is 2. The summed E-state index contributed by atoms with van der Waals surface area (Å²) in [7, 11) is 0. The fourth-order valence-corrected chi connectivity index (χ4v) is 2.18. The number of hydrogen-bond donors (Lipinski definition) is 3. The van der Waals surface area contributed by atoms with Gasteiger partial charge in [-0.25, -0.2) is 0 Å². The van der Waals surface area contributed by atoms with Gasteiger partial charge in [0.15, 0.2) is 0 Å². The van der Waals surface area contributed by atoms with Crippen molar-refractivity contribution in [3.63, 3.8) is 0 Å². The van der Waals surface area contributed by atoms with E-state index in [9.17, 15) is 0 Å². The third kappa shape index (κ3) is 4.27. The van der Waals surface area contributed by atoms with Crippen molar-refractivity contribution in [3.8, 4) is 0 Å². The molecule has 0 unspecified atom stereocenters. The minimum atomic E-state index is 0.0730. The van der Waals surface area contributed by atoms with Crippen molar-refractivity contribution in [2.75, 3.05) is 37.8 Å². The van der Waals surface area contributed by atoms with E-state index in [1.807, 2.05) is 0 Å². The normalized spacial score (nSPS) is 17.7. The average Bonchev–Trinajstić information content (AvgIpc) is 2.37. The Morgan fingerprint density at radius 3 is 2.37 bits per heavy atom. The number of rotatable bonds is 5. The highest BCUT2D eigenvalue weighted by Crippen LogP contribution is 2.15. The first-order chi connectivity index (χ1) is 9.17. The molecule has 8 nitrogen and oxygen atoms in total. The van der Waals surface area contributed by atoms with Crippen LogP contribution >= 0.6 is 0 Å². The predicted molar refractivity (Wildman–Crippen MR) is 70.0 cm³/mol. The van der Waals surface area contributed by atoms with Gasteiger partial charge in [0, 0.05) is 13.1 Å². The smallest absolute Gasteiger partial charge is 0.225 e. The lowest BCUT2D eigenvalue weighted by Crippen LogP contribution is -2.37. The molecule has 0 aromatic carbocycles. The molecule has 0 atom stereocenters. The van der Waals surface area contributed by atoms with Crippen LogP contribution in [0.5, 0.6) is 0 Å². The zero-order valence-electron chi connectivity index (χ0n) is 10.8. The van der Waals surface area contributed by atoms with Crippen molar-refractivity contribution in [2.24, 2.45) is 0 Å². The Morgan fingerprint density at radius 2 is 1.79 bits per heavy atom. The van der Waals surface area contributed by atoms with E-state index < -0.39 is 0 Å². The summed E-state index contributed by atoms with van der Waals surface area (Å²) in [5.41, 5.74) is 11.1. The van der Waals surface area contributed by atoms with Gasteiger partial charge < -0.3 is 21.3 Å². The number of aliphatic hydroxyl groups is 1. The molecule has 1 aliphatic heterocycles. The molecule has 1 aliphatic rings. The fraction of sp³-hybridized carbons (Fsp3) is 0.727. The molecule has 106 valence electrons. The molecule has 0 bridgehead atoms.